The summed E-state index contributed by atoms with van der Waals surface area (Å²) in [5.74, 6) is -1.07. The van der Waals surface area contributed by atoms with Crippen LogP contribution in [0.5, 0.6) is 5.75 Å². The van der Waals surface area contributed by atoms with Crippen LogP contribution in [0.1, 0.15) is 23.4 Å². The first kappa shape index (κ1) is 15.3. The van der Waals surface area contributed by atoms with E-state index in [9.17, 15) is 8.78 Å². The molecule has 5 heteroatoms. The number of alkyl halides is 1. The Kier molecular flexibility index (Phi) is 5.00. The molecule has 2 aromatic rings. The van der Waals surface area contributed by atoms with Crippen LogP contribution in [0.4, 0.5) is 8.78 Å². The van der Waals surface area contributed by atoms with Gasteiger partial charge in [-0.3, -0.25) is 0 Å². The van der Waals surface area contributed by atoms with Gasteiger partial charge in [0.2, 0.25) is 0 Å². The number of halogens is 4. The molecule has 0 N–H and O–H groups in total. The lowest BCUT2D eigenvalue weighted by molar-refractivity contribution is 0.338. The molecule has 1 atom stereocenters. The van der Waals surface area contributed by atoms with Crippen LogP contribution in [0.2, 0.25) is 0 Å². The molecule has 0 radical (unpaired) electrons. The second-order valence-corrected chi connectivity index (χ2v) is 5.45. The molecule has 1 unspecified atom stereocenters. The fourth-order valence-electron chi connectivity index (χ4n) is 1.81. The van der Waals surface area contributed by atoms with E-state index in [1.54, 1.807) is 12.1 Å². The number of hydrogen-bond donors (Lipinski definition) is 0. The van der Waals surface area contributed by atoms with E-state index in [1.165, 1.54) is 6.07 Å². The van der Waals surface area contributed by atoms with Crippen LogP contribution in [0, 0.1) is 11.6 Å². The minimum absolute atomic E-state index is 0.502. The zero-order valence-corrected chi connectivity index (χ0v) is 13.0. The Bertz CT molecular complexity index is 619. The Morgan fingerprint density at radius 3 is 2.35 bits per heavy atom. The van der Waals surface area contributed by atoms with Crippen molar-refractivity contribution in [2.75, 3.05) is 6.61 Å². The Labute approximate surface area is 129 Å². The summed E-state index contributed by atoms with van der Waals surface area (Å²) in [6.45, 7) is 2.46. The van der Waals surface area contributed by atoms with Crippen molar-refractivity contribution in [1.29, 1.82) is 0 Å². The third-order valence-electron chi connectivity index (χ3n) is 2.78. The average molecular weight is 362 g/mol. The largest absolute Gasteiger partial charge is 0.493 e. The van der Waals surface area contributed by atoms with Gasteiger partial charge in [-0.05, 0) is 58.2 Å². The number of ether oxygens (including phenoxy) is 1. The zero-order valence-electron chi connectivity index (χ0n) is 10.7. The van der Waals surface area contributed by atoms with Crippen LogP contribution < -0.4 is 4.74 Å². The average Bonchev–Trinajstić information content (AvgIpc) is 2.43. The first-order valence-corrected chi connectivity index (χ1v) is 7.27. The van der Waals surface area contributed by atoms with Crippen LogP contribution >= 0.6 is 27.5 Å². The van der Waals surface area contributed by atoms with Crippen molar-refractivity contribution in [2.45, 2.75) is 12.3 Å². The summed E-state index contributed by atoms with van der Waals surface area (Å²) >= 11 is 9.70. The molecular formula is C15H12BrClF2O. The normalized spacial score (nSPS) is 12.2. The van der Waals surface area contributed by atoms with Gasteiger partial charge in [-0.15, -0.1) is 11.6 Å². The van der Waals surface area contributed by atoms with Crippen molar-refractivity contribution in [1.82, 2.24) is 0 Å². The summed E-state index contributed by atoms with van der Waals surface area (Å²) in [5, 5.41) is -0.558. The van der Waals surface area contributed by atoms with Crippen molar-refractivity contribution < 1.29 is 13.5 Å². The first-order chi connectivity index (χ1) is 9.52. The standard InChI is InChI=1S/C15H12BrClF2O/c1-2-20-14-6-4-9(7-11(14)16)15(17)10-3-5-12(18)13(19)8-10/h3-8,15H,2H2,1H3. The van der Waals surface area contributed by atoms with E-state index in [-0.39, 0.29) is 0 Å². The molecule has 0 fully saturated rings. The molecule has 0 bridgehead atoms. The monoisotopic (exact) mass is 360 g/mol. The highest BCUT2D eigenvalue weighted by atomic mass is 79.9. The van der Waals surface area contributed by atoms with E-state index in [0.29, 0.717) is 17.9 Å². The Morgan fingerprint density at radius 2 is 1.75 bits per heavy atom. The highest BCUT2D eigenvalue weighted by Gasteiger charge is 2.15. The third kappa shape index (κ3) is 3.30. The van der Waals surface area contributed by atoms with Gasteiger partial charge in [0.15, 0.2) is 11.6 Å². The first-order valence-electron chi connectivity index (χ1n) is 6.04. The molecule has 0 heterocycles. The molecule has 1 nitrogen and oxygen atoms in total. The SMILES string of the molecule is CCOc1ccc(C(Cl)c2ccc(F)c(F)c2)cc1Br. The van der Waals surface area contributed by atoms with Crippen molar-refractivity contribution in [3.8, 4) is 5.75 Å². The van der Waals surface area contributed by atoms with E-state index in [0.717, 1.165) is 22.2 Å². The molecule has 0 aliphatic rings. The summed E-state index contributed by atoms with van der Waals surface area (Å²) in [5.41, 5.74) is 1.27. The minimum atomic E-state index is -0.904. The second kappa shape index (κ2) is 6.55. The molecule has 0 saturated heterocycles. The molecule has 0 saturated carbocycles. The van der Waals surface area contributed by atoms with Gasteiger partial charge >= 0.3 is 0 Å². The topological polar surface area (TPSA) is 9.23 Å². The van der Waals surface area contributed by atoms with E-state index in [2.05, 4.69) is 15.9 Å². The molecule has 20 heavy (non-hydrogen) atoms. The van der Waals surface area contributed by atoms with E-state index in [1.807, 2.05) is 13.0 Å². The van der Waals surface area contributed by atoms with Crippen molar-refractivity contribution in [3.63, 3.8) is 0 Å². The fraction of sp³-hybridized carbons (Fsp3) is 0.200. The lowest BCUT2D eigenvalue weighted by Crippen LogP contribution is -1.97. The fourth-order valence-corrected chi connectivity index (χ4v) is 2.59. The van der Waals surface area contributed by atoms with E-state index >= 15 is 0 Å². The quantitative estimate of drug-likeness (QED) is 0.658. The number of benzene rings is 2. The number of hydrogen-bond acceptors (Lipinski definition) is 1. The lowest BCUT2D eigenvalue weighted by Gasteiger charge is -2.13. The van der Waals surface area contributed by atoms with Crippen LogP contribution in [0.3, 0.4) is 0 Å². The second-order valence-electron chi connectivity index (χ2n) is 4.16. The zero-order chi connectivity index (χ0) is 14.7. The van der Waals surface area contributed by atoms with Gasteiger partial charge < -0.3 is 4.74 Å². The minimum Gasteiger partial charge on any atom is -0.493 e. The smallest absolute Gasteiger partial charge is 0.159 e. The maximum atomic E-state index is 13.2. The van der Waals surface area contributed by atoms with Crippen LogP contribution in [0.25, 0.3) is 0 Å². The summed E-state index contributed by atoms with van der Waals surface area (Å²) < 4.78 is 32.3. The van der Waals surface area contributed by atoms with Gasteiger partial charge in [-0.1, -0.05) is 12.1 Å². The molecule has 0 amide bonds. The predicted octanol–water partition coefficient (Wildman–Crippen LogP) is 5.45. The molecule has 2 rings (SSSR count). The predicted molar refractivity (Wildman–Crippen MR) is 79.4 cm³/mol. The van der Waals surface area contributed by atoms with Gasteiger partial charge in [0.05, 0.1) is 16.5 Å². The Balaban J connectivity index is 2.30. The molecule has 0 spiro atoms. The lowest BCUT2D eigenvalue weighted by atomic mass is 10.0. The summed E-state index contributed by atoms with van der Waals surface area (Å²) in [6.07, 6.45) is 0. The molecule has 2 aromatic carbocycles. The van der Waals surface area contributed by atoms with Crippen molar-refractivity contribution in [3.05, 3.63) is 63.6 Å². The van der Waals surface area contributed by atoms with Gasteiger partial charge in [0.25, 0.3) is 0 Å². The third-order valence-corrected chi connectivity index (χ3v) is 3.91. The Morgan fingerprint density at radius 1 is 1.10 bits per heavy atom. The van der Waals surface area contributed by atoms with Gasteiger partial charge in [0, 0.05) is 0 Å². The van der Waals surface area contributed by atoms with Crippen molar-refractivity contribution in [2.24, 2.45) is 0 Å². The summed E-state index contributed by atoms with van der Waals surface area (Å²) in [4.78, 5) is 0. The molecular weight excluding hydrogens is 350 g/mol. The van der Waals surface area contributed by atoms with Gasteiger partial charge in [-0.25, -0.2) is 8.78 Å². The van der Waals surface area contributed by atoms with E-state index in [4.69, 9.17) is 16.3 Å². The molecule has 0 aliphatic carbocycles. The van der Waals surface area contributed by atoms with Crippen LogP contribution in [-0.2, 0) is 0 Å². The molecule has 106 valence electrons. The highest BCUT2D eigenvalue weighted by molar-refractivity contribution is 9.10. The van der Waals surface area contributed by atoms with Crippen LogP contribution in [0.15, 0.2) is 40.9 Å². The van der Waals surface area contributed by atoms with Gasteiger partial charge in [-0.2, -0.15) is 0 Å². The summed E-state index contributed by atoms with van der Waals surface area (Å²) in [6, 6.07) is 9.05. The van der Waals surface area contributed by atoms with Gasteiger partial charge in [0.1, 0.15) is 5.75 Å². The van der Waals surface area contributed by atoms with E-state index < -0.39 is 17.0 Å². The Hall–Kier alpha value is -1.13. The highest BCUT2D eigenvalue weighted by Crippen LogP contribution is 2.34. The number of rotatable bonds is 4. The maximum Gasteiger partial charge on any atom is 0.159 e. The maximum absolute atomic E-state index is 13.2. The molecule has 0 aliphatic heterocycles. The van der Waals surface area contributed by atoms with Crippen LogP contribution in [-0.4, -0.2) is 6.61 Å². The molecule has 0 aromatic heterocycles. The van der Waals surface area contributed by atoms with Crippen molar-refractivity contribution >= 4 is 27.5 Å². The summed E-state index contributed by atoms with van der Waals surface area (Å²) in [7, 11) is 0.